The molecule has 0 aliphatic carbocycles. The van der Waals surface area contributed by atoms with Crippen molar-refractivity contribution in [3.8, 4) is 0 Å². The maximum Gasteiger partial charge on any atom is 0.129 e. The first-order chi connectivity index (χ1) is 6.69. The first kappa shape index (κ1) is 11.1. The number of halogens is 2. The largest absolute Gasteiger partial charge is 0.304 e. The lowest BCUT2D eigenvalue weighted by Crippen LogP contribution is -2.06. The van der Waals surface area contributed by atoms with Crippen LogP contribution in [0.5, 0.6) is 0 Å². The van der Waals surface area contributed by atoms with Gasteiger partial charge in [0.25, 0.3) is 0 Å². The van der Waals surface area contributed by atoms with Crippen LogP contribution in [0.25, 0.3) is 0 Å². The molecule has 78 valence electrons. The van der Waals surface area contributed by atoms with Crippen LogP contribution in [0.4, 0.5) is 8.78 Å². The van der Waals surface area contributed by atoms with Crippen LogP contribution in [0, 0.1) is 11.6 Å². The molecule has 0 unspecified atom stereocenters. The molecule has 0 amide bonds. The summed E-state index contributed by atoms with van der Waals surface area (Å²) in [6, 6.07) is 2.42. The fourth-order valence-corrected chi connectivity index (χ4v) is 1.28. The van der Waals surface area contributed by atoms with E-state index in [0.717, 1.165) is 6.07 Å². The summed E-state index contributed by atoms with van der Waals surface area (Å²) >= 11 is 0. The van der Waals surface area contributed by atoms with Gasteiger partial charge in [-0.05, 0) is 23.6 Å². The van der Waals surface area contributed by atoms with Gasteiger partial charge in [-0.25, -0.2) is 14.7 Å². The fourth-order valence-electron chi connectivity index (χ4n) is 1.28. The van der Waals surface area contributed by atoms with Gasteiger partial charge in [0, 0.05) is 12.5 Å². The second kappa shape index (κ2) is 5.02. The molecule has 0 radical (unpaired) electrons. The molecule has 14 heavy (non-hydrogen) atoms. The zero-order chi connectivity index (χ0) is 10.6. The highest BCUT2D eigenvalue weighted by Gasteiger charge is 2.08. The lowest BCUT2D eigenvalue weighted by atomic mass is 10.1. The molecule has 0 aliphatic heterocycles. The molecule has 1 aromatic carbocycles. The number of hydrogen-bond acceptors (Lipinski definition) is 2. The highest BCUT2D eigenvalue weighted by molar-refractivity contribution is 5.26. The fraction of sp³-hybridized carbons (Fsp3) is 0.400. The molecular formula is C10H13F2NO. The monoisotopic (exact) mass is 201 g/mol. The average Bonchev–Trinajstić information content (AvgIpc) is 2.17. The summed E-state index contributed by atoms with van der Waals surface area (Å²) in [5.74, 6) is 3.79. The second-order valence-corrected chi connectivity index (χ2v) is 3.01. The Morgan fingerprint density at radius 2 is 1.86 bits per heavy atom. The van der Waals surface area contributed by atoms with Crippen LogP contribution >= 0.6 is 0 Å². The predicted octanol–water partition coefficient (Wildman–Crippen LogP) is 1.96. The Morgan fingerprint density at radius 1 is 1.21 bits per heavy atom. The number of aryl methyl sites for hydroxylation is 1. The summed E-state index contributed by atoms with van der Waals surface area (Å²) in [7, 11) is 0. The van der Waals surface area contributed by atoms with Crippen LogP contribution in [0.2, 0.25) is 0 Å². The van der Waals surface area contributed by atoms with Gasteiger partial charge < -0.3 is 4.84 Å². The zero-order valence-corrected chi connectivity index (χ0v) is 8.02. The van der Waals surface area contributed by atoms with E-state index in [1.165, 1.54) is 6.07 Å². The molecule has 0 saturated carbocycles. The molecule has 4 heteroatoms. The van der Waals surface area contributed by atoms with Crippen molar-refractivity contribution in [2.45, 2.75) is 19.8 Å². The summed E-state index contributed by atoms with van der Waals surface area (Å²) in [5.41, 5.74) is 0.951. The Kier molecular flexibility index (Phi) is 3.98. The van der Waals surface area contributed by atoms with E-state index in [-0.39, 0.29) is 6.61 Å². The lowest BCUT2D eigenvalue weighted by molar-refractivity contribution is 0.140. The number of benzene rings is 1. The minimum absolute atomic E-state index is 0.228. The second-order valence-electron chi connectivity index (χ2n) is 3.01. The molecule has 0 spiro atoms. The van der Waals surface area contributed by atoms with Gasteiger partial charge >= 0.3 is 0 Å². The van der Waals surface area contributed by atoms with Crippen LogP contribution < -0.4 is 5.90 Å². The van der Waals surface area contributed by atoms with E-state index in [4.69, 9.17) is 5.90 Å². The molecule has 2 N–H and O–H groups in total. The van der Waals surface area contributed by atoms with Crippen molar-refractivity contribution in [2.24, 2.45) is 5.90 Å². The van der Waals surface area contributed by atoms with Crippen molar-refractivity contribution >= 4 is 0 Å². The van der Waals surface area contributed by atoms with Crippen molar-refractivity contribution in [2.75, 3.05) is 6.61 Å². The summed E-state index contributed by atoms with van der Waals surface area (Å²) < 4.78 is 26.2. The van der Waals surface area contributed by atoms with Gasteiger partial charge in [0.1, 0.15) is 11.6 Å². The lowest BCUT2D eigenvalue weighted by Gasteiger charge is -2.06. The Balaban J connectivity index is 2.92. The van der Waals surface area contributed by atoms with Gasteiger partial charge in [0.05, 0.1) is 6.61 Å². The van der Waals surface area contributed by atoms with E-state index in [2.05, 4.69) is 4.84 Å². The number of hydrogen-bond donors (Lipinski definition) is 1. The smallest absolute Gasteiger partial charge is 0.129 e. The summed E-state index contributed by atoms with van der Waals surface area (Å²) in [6.45, 7) is 2.05. The first-order valence-corrected chi connectivity index (χ1v) is 4.47. The average molecular weight is 201 g/mol. The third-order valence-electron chi connectivity index (χ3n) is 2.09. The zero-order valence-electron chi connectivity index (χ0n) is 8.02. The first-order valence-electron chi connectivity index (χ1n) is 4.47. The van der Waals surface area contributed by atoms with E-state index in [1.807, 2.05) is 6.92 Å². The van der Waals surface area contributed by atoms with Gasteiger partial charge in [0.15, 0.2) is 0 Å². The quantitative estimate of drug-likeness (QED) is 0.756. The Morgan fingerprint density at radius 3 is 2.43 bits per heavy atom. The minimum atomic E-state index is -0.545. The number of rotatable bonds is 4. The Hall–Kier alpha value is -1.00. The van der Waals surface area contributed by atoms with Crippen molar-refractivity contribution < 1.29 is 13.6 Å². The van der Waals surface area contributed by atoms with Gasteiger partial charge in [-0.3, -0.25) is 0 Å². The van der Waals surface area contributed by atoms with Crippen LogP contribution in [0.1, 0.15) is 18.1 Å². The van der Waals surface area contributed by atoms with Crippen LogP contribution in [0.15, 0.2) is 12.1 Å². The normalized spacial score (nSPS) is 10.6. The van der Waals surface area contributed by atoms with E-state index in [9.17, 15) is 8.78 Å². The summed E-state index contributed by atoms with van der Waals surface area (Å²) in [5, 5.41) is 0. The number of nitrogens with two attached hydrogens (primary N) is 1. The molecule has 2 nitrogen and oxygen atoms in total. The topological polar surface area (TPSA) is 35.2 Å². The van der Waals surface area contributed by atoms with Crippen molar-refractivity contribution in [3.05, 3.63) is 34.9 Å². The highest BCUT2D eigenvalue weighted by Crippen LogP contribution is 2.15. The van der Waals surface area contributed by atoms with Crippen molar-refractivity contribution in [1.82, 2.24) is 0 Å². The predicted molar refractivity (Wildman–Crippen MR) is 49.6 cm³/mol. The molecule has 0 fully saturated rings. The molecule has 0 aliphatic rings. The molecule has 1 aromatic rings. The highest BCUT2D eigenvalue weighted by atomic mass is 19.1. The maximum absolute atomic E-state index is 13.2. The van der Waals surface area contributed by atoms with E-state index >= 15 is 0 Å². The van der Waals surface area contributed by atoms with Gasteiger partial charge in [-0.1, -0.05) is 6.92 Å². The van der Waals surface area contributed by atoms with Crippen molar-refractivity contribution in [3.63, 3.8) is 0 Å². The molecule has 0 atom stereocenters. The molecule has 0 heterocycles. The van der Waals surface area contributed by atoms with Crippen LogP contribution in [-0.4, -0.2) is 6.61 Å². The molecule has 0 saturated heterocycles. The molecule has 1 rings (SSSR count). The maximum atomic E-state index is 13.2. The third-order valence-corrected chi connectivity index (χ3v) is 2.09. The van der Waals surface area contributed by atoms with Gasteiger partial charge in [-0.15, -0.1) is 0 Å². The van der Waals surface area contributed by atoms with Crippen molar-refractivity contribution in [1.29, 1.82) is 0 Å². The SMILES string of the molecule is CCc1cc(CCON)c(F)cc1F. The summed E-state index contributed by atoms with van der Waals surface area (Å²) in [4.78, 5) is 4.34. The van der Waals surface area contributed by atoms with E-state index in [1.54, 1.807) is 0 Å². The van der Waals surface area contributed by atoms with E-state index in [0.29, 0.717) is 24.0 Å². The third kappa shape index (κ3) is 2.49. The van der Waals surface area contributed by atoms with Crippen LogP contribution in [-0.2, 0) is 17.7 Å². The summed E-state index contributed by atoms with van der Waals surface area (Å²) in [6.07, 6.45) is 0.901. The Bertz CT molecular complexity index is 315. The van der Waals surface area contributed by atoms with Gasteiger partial charge in [0.2, 0.25) is 0 Å². The van der Waals surface area contributed by atoms with E-state index < -0.39 is 11.6 Å². The molecule has 0 bridgehead atoms. The van der Waals surface area contributed by atoms with Gasteiger partial charge in [-0.2, -0.15) is 0 Å². The standard InChI is InChI=1S/C10H13F2NO/c1-2-7-5-8(3-4-14-13)10(12)6-9(7)11/h5-6H,2-4,13H2,1H3. The Labute approximate surface area is 81.6 Å². The molecular weight excluding hydrogens is 188 g/mol. The molecule has 0 aromatic heterocycles. The van der Waals surface area contributed by atoms with Crippen LogP contribution in [0.3, 0.4) is 0 Å². The minimum Gasteiger partial charge on any atom is -0.304 e.